The highest BCUT2D eigenvalue weighted by atomic mass is 16.3. The molecule has 2 aromatic carbocycles. The van der Waals surface area contributed by atoms with Crippen LogP contribution in [0.5, 0.6) is 0 Å². The average molecular weight is 330 g/mol. The minimum Gasteiger partial charge on any atom is -0.454 e. The Balaban J connectivity index is 1.85. The number of aryl methyl sites for hydroxylation is 1. The number of aromatic nitrogens is 2. The van der Waals surface area contributed by atoms with Crippen LogP contribution in [0.2, 0.25) is 0 Å². The summed E-state index contributed by atoms with van der Waals surface area (Å²) in [6.45, 7) is 4.27. The first-order valence-corrected chi connectivity index (χ1v) is 8.41. The van der Waals surface area contributed by atoms with E-state index in [1.807, 2.05) is 25.2 Å². The van der Waals surface area contributed by atoms with Crippen LogP contribution in [-0.4, -0.2) is 23.2 Å². The van der Waals surface area contributed by atoms with Gasteiger partial charge in [0.1, 0.15) is 11.7 Å². The summed E-state index contributed by atoms with van der Waals surface area (Å²) in [4.78, 5) is 13.5. The van der Waals surface area contributed by atoms with Gasteiger partial charge in [0.15, 0.2) is 17.2 Å². The van der Waals surface area contributed by atoms with Crippen molar-refractivity contribution in [2.75, 3.05) is 16.8 Å². The molecule has 0 saturated carbocycles. The van der Waals surface area contributed by atoms with Gasteiger partial charge in [-0.25, -0.2) is 9.97 Å². The molecular formula is C20H18N4O. The van der Waals surface area contributed by atoms with Crippen LogP contribution in [0.15, 0.2) is 53.2 Å². The lowest BCUT2D eigenvalue weighted by Gasteiger charge is -2.27. The fourth-order valence-electron chi connectivity index (χ4n) is 3.73. The third-order valence-corrected chi connectivity index (χ3v) is 5.12. The van der Waals surface area contributed by atoms with Crippen molar-refractivity contribution in [3.8, 4) is 0 Å². The zero-order valence-corrected chi connectivity index (χ0v) is 14.4. The van der Waals surface area contributed by atoms with Crippen molar-refractivity contribution in [2.45, 2.75) is 20.0 Å². The molecule has 5 rings (SSSR count). The average Bonchev–Trinajstić information content (AvgIpc) is 3.12. The predicted molar refractivity (Wildman–Crippen MR) is 100 cm³/mol. The van der Waals surface area contributed by atoms with E-state index in [1.54, 1.807) is 12.4 Å². The zero-order valence-electron chi connectivity index (χ0n) is 14.4. The van der Waals surface area contributed by atoms with Crippen molar-refractivity contribution in [2.24, 2.45) is 0 Å². The first-order chi connectivity index (χ1) is 12.2. The number of hydrogen-bond acceptors (Lipinski definition) is 5. The first-order valence-electron chi connectivity index (χ1n) is 8.41. The molecule has 0 spiro atoms. The monoisotopic (exact) mass is 330 g/mol. The van der Waals surface area contributed by atoms with E-state index in [4.69, 9.17) is 4.42 Å². The second-order valence-electron chi connectivity index (χ2n) is 6.52. The standard InChI is InChI=1S/C20H18N4O/c1-12-8-9-15-14-6-4-5-7-16(14)25-18(15)17(12)24-13(2)23(3)19-20(24)22-11-10-21-19/h4-11,13H,1-3H3. The van der Waals surface area contributed by atoms with Crippen LogP contribution in [0.25, 0.3) is 21.9 Å². The molecule has 0 amide bonds. The molecule has 124 valence electrons. The number of hydrogen-bond donors (Lipinski definition) is 0. The summed E-state index contributed by atoms with van der Waals surface area (Å²) in [5, 5.41) is 2.27. The minimum absolute atomic E-state index is 0.106. The molecule has 0 fully saturated rings. The third kappa shape index (κ3) is 1.83. The predicted octanol–water partition coefficient (Wildman–Crippen LogP) is 4.62. The number of anilines is 3. The molecule has 0 bridgehead atoms. The second kappa shape index (κ2) is 4.96. The van der Waals surface area contributed by atoms with Crippen molar-refractivity contribution in [3.63, 3.8) is 0 Å². The smallest absolute Gasteiger partial charge is 0.178 e. The van der Waals surface area contributed by atoms with Gasteiger partial charge < -0.3 is 9.32 Å². The number of para-hydroxylation sites is 1. The van der Waals surface area contributed by atoms with E-state index < -0.39 is 0 Å². The summed E-state index contributed by atoms with van der Waals surface area (Å²) in [5.74, 6) is 1.76. The van der Waals surface area contributed by atoms with Crippen LogP contribution in [0, 0.1) is 6.92 Å². The van der Waals surface area contributed by atoms with Gasteiger partial charge in [-0.2, -0.15) is 0 Å². The Labute approximate surface area is 145 Å². The Morgan fingerprint density at radius 1 is 0.960 bits per heavy atom. The van der Waals surface area contributed by atoms with Gasteiger partial charge in [0.25, 0.3) is 0 Å². The molecule has 0 saturated heterocycles. The number of benzene rings is 2. The molecule has 0 radical (unpaired) electrons. The largest absolute Gasteiger partial charge is 0.454 e. The highest BCUT2D eigenvalue weighted by molar-refractivity contribution is 6.10. The highest BCUT2D eigenvalue weighted by Crippen LogP contribution is 2.45. The minimum atomic E-state index is 0.106. The zero-order chi connectivity index (χ0) is 17.1. The third-order valence-electron chi connectivity index (χ3n) is 5.12. The molecule has 1 unspecified atom stereocenters. The molecule has 3 heterocycles. The second-order valence-corrected chi connectivity index (χ2v) is 6.52. The molecule has 1 atom stereocenters. The van der Waals surface area contributed by atoms with Gasteiger partial charge in [0, 0.05) is 30.2 Å². The van der Waals surface area contributed by atoms with Gasteiger partial charge in [-0.3, -0.25) is 4.90 Å². The number of nitrogens with zero attached hydrogens (tertiary/aromatic N) is 4. The fourth-order valence-corrected chi connectivity index (χ4v) is 3.73. The quantitative estimate of drug-likeness (QED) is 0.509. The lowest BCUT2D eigenvalue weighted by molar-refractivity contribution is 0.660. The van der Waals surface area contributed by atoms with Gasteiger partial charge in [-0.15, -0.1) is 0 Å². The Hall–Kier alpha value is -3.08. The topological polar surface area (TPSA) is 45.4 Å². The normalized spacial score (nSPS) is 16.8. The van der Waals surface area contributed by atoms with E-state index in [1.165, 1.54) is 0 Å². The van der Waals surface area contributed by atoms with Crippen molar-refractivity contribution in [1.82, 2.24) is 9.97 Å². The number of fused-ring (bicyclic) bond motifs is 4. The Kier molecular flexibility index (Phi) is 2.83. The molecule has 1 aliphatic rings. The molecule has 4 aromatic rings. The highest BCUT2D eigenvalue weighted by Gasteiger charge is 2.36. The summed E-state index contributed by atoms with van der Waals surface area (Å²) in [5.41, 5.74) is 4.03. The van der Waals surface area contributed by atoms with Gasteiger partial charge >= 0.3 is 0 Å². The van der Waals surface area contributed by atoms with E-state index in [-0.39, 0.29) is 6.17 Å². The Bertz CT molecular complexity index is 1120. The summed E-state index contributed by atoms with van der Waals surface area (Å²) in [6.07, 6.45) is 3.58. The summed E-state index contributed by atoms with van der Waals surface area (Å²) in [7, 11) is 2.05. The lowest BCUT2D eigenvalue weighted by atomic mass is 10.1. The van der Waals surface area contributed by atoms with Crippen molar-refractivity contribution in [3.05, 3.63) is 54.4 Å². The van der Waals surface area contributed by atoms with Crippen LogP contribution in [-0.2, 0) is 0 Å². The molecule has 5 heteroatoms. The maximum atomic E-state index is 6.27. The summed E-state index contributed by atoms with van der Waals surface area (Å²) < 4.78 is 6.27. The molecular weight excluding hydrogens is 312 g/mol. The van der Waals surface area contributed by atoms with Crippen LogP contribution in [0.3, 0.4) is 0 Å². The maximum absolute atomic E-state index is 6.27. The maximum Gasteiger partial charge on any atom is 0.178 e. The van der Waals surface area contributed by atoms with E-state index in [0.717, 1.165) is 44.8 Å². The lowest BCUT2D eigenvalue weighted by Crippen LogP contribution is -2.36. The molecule has 0 N–H and O–H groups in total. The SMILES string of the molecule is Cc1ccc2c(oc3ccccc32)c1N1c2nccnc2N(C)C1C. The van der Waals surface area contributed by atoms with E-state index in [2.05, 4.69) is 51.8 Å². The van der Waals surface area contributed by atoms with Crippen LogP contribution in [0.4, 0.5) is 17.3 Å². The van der Waals surface area contributed by atoms with Gasteiger partial charge in [-0.05, 0) is 25.5 Å². The van der Waals surface area contributed by atoms with Crippen LogP contribution >= 0.6 is 0 Å². The molecule has 5 nitrogen and oxygen atoms in total. The molecule has 2 aromatic heterocycles. The number of rotatable bonds is 1. The number of furan rings is 1. The van der Waals surface area contributed by atoms with E-state index in [0.29, 0.717) is 0 Å². The molecule has 1 aliphatic heterocycles. The van der Waals surface area contributed by atoms with Crippen molar-refractivity contribution < 1.29 is 4.42 Å². The molecule has 25 heavy (non-hydrogen) atoms. The van der Waals surface area contributed by atoms with Gasteiger partial charge in [-0.1, -0.05) is 30.3 Å². The Morgan fingerprint density at radius 3 is 2.56 bits per heavy atom. The summed E-state index contributed by atoms with van der Waals surface area (Å²) >= 11 is 0. The first kappa shape index (κ1) is 14.3. The summed E-state index contributed by atoms with van der Waals surface area (Å²) in [6, 6.07) is 12.5. The van der Waals surface area contributed by atoms with E-state index in [9.17, 15) is 0 Å². The van der Waals surface area contributed by atoms with Crippen molar-refractivity contribution >= 4 is 39.3 Å². The van der Waals surface area contributed by atoms with Crippen LogP contribution < -0.4 is 9.80 Å². The fraction of sp³-hybridized carbons (Fsp3) is 0.200. The van der Waals surface area contributed by atoms with Crippen molar-refractivity contribution in [1.29, 1.82) is 0 Å². The van der Waals surface area contributed by atoms with Gasteiger partial charge in [0.05, 0.1) is 5.69 Å². The van der Waals surface area contributed by atoms with Crippen LogP contribution in [0.1, 0.15) is 12.5 Å². The molecule has 0 aliphatic carbocycles. The van der Waals surface area contributed by atoms with E-state index >= 15 is 0 Å². The Morgan fingerprint density at radius 2 is 1.72 bits per heavy atom. The van der Waals surface area contributed by atoms with Gasteiger partial charge in [0.2, 0.25) is 0 Å².